The van der Waals surface area contributed by atoms with Crippen LogP contribution in [0.5, 0.6) is 0 Å². The fourth-order valence-electron chi connectivity index (χ4n) is 3.68. The van der Waals surface area contributed by atoms with Crippen molar-refractivity contribution in [2.75, 3.05) is 12.4 Å². The number of benzene rings is 1. The molecule has 1 aliphatic heterocycles. The first kappa shape index (κ1) is 14.3. The summed E-state index contributed by atoms with van der Waals surface area (Å²) in [6, 6.07) is 5.40. The number of hydrogen-bond acceptors (Lipinski definition) is 3. The molecule has 1 aromatic rings. The van der Waals surface area contributed by atoms with Gasteiger partial charge in [-0.25, -0.2) is 9.82 Å². The number of nitrogens with one attached hydrogen (secondary N) is 3. The minimum Gasteiger partial charge on any atom is -0.386 e. The van der Waals surface area contributed by atoms with Crippen molar-refractivity contribution < 1.29 is 9.18 Å². The smallest absolute Gasteiger partial charge is 0.237 e. The highest BCUT2D eigenvalue weighted by Crippen LogP contribution is 2.35. The summed E-state index contributed by atoms with van der Waals surface area (Å²) in [6.07, 6.45) is 5.21. The third-order valence-electron chi connectivity index (χ3n) is 4.81. The molecule has 21 heavy (non-hydrogen) atoms. The third kappa shape index (κ3) is 2.88. The molecule has 2 fully saturated rings. The number of amides is 1. The van der Waals surface area contributed by atoms with E-state index in [2.05, 4.69) is 16.2 Å². The lowest BCUT2D eigenvalue weighted by Crippen LogP contribution is -2.60. The van der Waals surface area contributed by atoms with Gasteiger partial charge in [0.05, 0.1) is 5.69 Å². The average molecular weight is 291 g/mol. The first-order valence-electron chi connectivity index (χ1n) is 7.70. The van der Waals surface area contributed by atoms with Gasteiger partial charge in [0.1, 0.15) is 5.82 Å². The van der Waals surface area contributed by atoms with Crippen molar-refractivity contribution >= 4 is 11.6 Å². The van der Waals surface area contributed by atoms with E-state index in [1.807, 2.05) is 12.1 Å². The number of anilines is 1. The van der Waals surface area contributed by atoms with E-state index in [1.165, 1.54) is 12.5 Å². The average Bonchev–Trinajstić information content (AvgIpc) is 2.52. The number of carbonyl (C=O) groups is 1. The Morgan fingerprint density at radius 1 is 1.33 bits per heavy atom. The molecule has 4 nitrogen and oxygen atoms in total. The molecule has 5 heteroatoms. The molecule has 2 aliphatic rings. The van der Waals surface area contributed by atoms with Crippen molar-refractivity contribution in [3.8, 4) is 0 Å². The Kier molecular flexibility index (Phi) is 4.10. The maximum absolute atomic E-state index is 13.5. The number of fused-ring (bicyclic) bond motifs is 1. The summed E-state index contributed by atoms with van der Waals surface area (Å²) in [5.74, 6) is 0.414. The van der Waals surface area contributed by atoms with Crippen molar-refractivity contribution in [3.05, 3.63) is 29.6 Å². The minimum atomic E-state index is -0.235. The molecule has 0 aromatic heterocycles. The Morgan fingerprint density at radius 2 is 2.14 bits per heavy atom. The zero-order valence-electron chi connectivity index (χ0n) is 12.3. The van der Waals surface area contributed by atoms with Gasteiger partial charge >= 0.3 is 0 Å². The Balaban J connectivity index is 1.76. The molecule has 114 valence electrons. The highest BCUT2D eigenvalue weighted by atomic mass is 19.1. The number of carbonyl (C=O) groups excluding carboxylic acids is 1. The molecule has 3 rings (SSSR count). The molecule has 0 radical (unpaired) electrons. The van der Waals surface area contributed by atoms with Crippen molar-refractivity contribution in [2.24, 2.45) is 11.8 Å². The van der Waals surface area contributed by atoms with Crippen LogP contribution in [0.25, 0.3) is 0 Å². The van der Waals surface area contributed by atoms with Gasteiger partial charge in [-0.15, -0.1) is 0 Å². The summed E-state index contributed by atoms with van der Waals surface area (Å²) in [5.41, 5.74) is 7.57. The summed E-state index contributed by atoms with van der Waals surface area (Å²) >= 11 is 0. The molecule has 0 bridgehead atoms. The molecular weight excluding hydrogens is 269 g/mol. The van der Waals surface area contributed by atoms with Crippen molar-refractivity contribution in [1.82, 2.24) is 10.9 Å². The summed E-state index contributed by atoms with van der Waals surface area (Å²) in [6.45, 7) is 0. The van der Waals surface area contributed by atoms with Gasteiger partial charge in [-0.1, -0.05) is 18.9 Å². The molecular formula is C16H22FN3O. The van der Waals surface area contributed by atoms with Crippen LogP contribution >= 0.6 is 0 Å². The van der Waals surface area contributed by atoms with Crippen LogP contribution in [0.2, 0.25) is 0 Å². The normalized spacial score (nSPS) is 28.7. The van der Waals surface area contributed by atoms with E-state index in [1.54, 1.807) is 7.05 Å². The molecule has 1 aromatic carbocycles. The van der Waals surface area contributed by atoms with Gasteiger partial charge in [-0.2, -0.15) is 0 Å². The minimum absolute atomic E-state index is 0.131. The fourth-order valence-corrected chi connectivity index (χ4v) is 3.68. The van der Waals surface area contributed by atoms with Crippen molar-refractivity contribution in [3.63, 3.8) is 0 Å². The lowest BCUT2D eigenvalue weighted by molar-refractivity contribution is -0.133. The van der Waals surface area contributed by atoms with Crippen LogP contribution < -0.4 is 16.2 Å². The van der Waals surface area contributed by atoms with Gasteiger partial charge in [0.15, 0.2) is 0 Å². The quantitative estimate of drug-likeness (QED) is 0.800. The van der Waals surface area contributed by atoms with E-state index in [0.717, 1.165) is 31.2 Å². The Hall–Kier alpha value is -1.62. The highest BCUT2D eigenvalue weighted by molar-refractivity contribution is 5.79. The van der Waals surface area contributed by atoms with Crippen LogP contribution in [0.3, 0.4) is 0 Å². The predicted octanol–water partition coefficient (Wildman–Crippen LogP) is 2.22. The zero-order chi connectivity index (χ0) is 14.8. The van der Waals surface area contributed by atoms with E-state index in [4.69, 9.17) is 0 Å². The maximum Gasteiger partial charge on any atom is 0.237 e. The predicted molar refractivity (Wildman–Crippen MR) is 80.2 cm³/mol. The summed E-state index contributed by atoms with van der Waals surface area (Å²) in [7, 11) is 1.72. The largest absolute Gasteiger partial charge is 0.386 e. The van der Waals surface area contributed by atoms with Crippen molar-refractivity contribution in [1.29, 1.82) is 0 Å². The Labute approximate surface area is 124 Å². The lowest BCUT2D eigenvalue weighted by atomic mass is 9.72. The van der Waals surface area contributed by atoms with E-state index < -0.39 is 0 Å². The van der Waals surface area contributed by atoms with Crippen LogP contribution in [0.15, 0.2) is 18.2 Å². The topological polar surface area (TPSA) is 53.2 Å². The number of hydrazine groups is 1. The highest BCUT2D eigenvalue weighted by Gasteiger charge is 2.39. The Bertz CT molecular complexity index is 534. The van der Waals surface area contributed by atoms with Crippen LogP contribution in [0.4, 0.5) is 10.1 Å². The van der Waals surface area contributed by atoms with Gasteiger partial charge in [0.2, 0.25) is 5.91 Å². The molecule has 3 unspecified atom stereocenters. The first-order chi connectivity index (χ1) is 10.2. The maximum atomic E-state index is 13.5. The van der Waals surface area contributed by atoms with Gasteiger partial charge < -0.3 is 5.32 Å². The monoisotopic (exact) mass is 291 g/mol. The number of rotatable bonds is 3. The van der Waals surface area contributed by atoms with Gasteiger partial charge in [-0.05, 0) is 42.9 Å². The Morgan fingerprint density at radius 3 is 2.95 bits per heavy atom. The molecule has 1 aliphatic carbocycles. The number of hydrogen-bond donors (Lipinski definition) is 3. The first-order valence-corrected chi connectivity index (χ1v) is 7.70. The van der Waals surface area contributed by atoms with E-state index in [9.17, 15) is 9.18 Å². The fraction of sp³-hybridized carbons (Fsp3) is 0.562. The standard InChI is InChI=1S/C16H22FN3O/c1-18-15-9-10(6-7-13(15)17)8-14-11-4-2-3-5-12(11)16(21)20-19-14/h6-7,9,11-12,14,18-19H,2-5,8H2,1H3,(H,20,21). The van der Waals surface area contributed by atoms with Crippen molar-refractivity contribution in [2.45, 2.75) is 38.1 Å². The summed E-state index contributed by atoms with van der Waals surface area (Å²) < 4.78 is 13.5. The number of halogens is 1. The second-order valence-electron chi connectivity index (χ2n) is 6.06. The molecule has 1 saturated heterocycles. The second-order valence-corrected chi connectivity index (χ2v) is 6.06. The van der Waals surface area contributed by atoms with Gasteiger partial charge in [0.25, 0.3) is 0 Å². The lowest BCUT2D eigenvalue weighted by Gasteiger charge is -2.41. The van der Waals surface area contributed by atoms with Gasteiger partial charge in [0, 0.05) is 19.0 Å². The third-order valence-corrected chi connectivity index (χ3v) is 4.81. The second kappa shape index (κ2) is 6.02. The van der Waals surface area contributed by atoms with E-state index in [0.29, 0.717) is 11.6 Å². The molecule has 0 spiro atoms. The summed E-state index contributed by atoms with van der Waals surface area (Å²) in [5, 5.41) is 2.87. The zero-order valence-corrected chi connectivity index (χ0v) is 12.3. The molecule has 1 saturated carbocycles. The van der Waals surface area contributed by atoms with Crippen LogP contribution in [-0.4, -0.2) is 19.0 Å². The SMILES string of the molecule is CNc1cc(CC2NNC(=O)C3CCCCC23)ccc1F. The van der Waals surface area contributed by atoms with Crippen LogP contribution in [-0.2, 0) is 11.2 Å². The van der Waals surface area contributed by atoms with Crippen LogP contribution in [0, 0.1) is 17.7 Å². The van der Waals surface area contributed by atoms with E-state index >= 15 is 0 Å². The molecule has 1 heterocycles. The molecule has 3 N–H and O–H groups in total. The summed E-state index contributed by atoms with van der Waals surface area (Å²) in [4.78, 5) is 11.9. The van der Waals surface area contributed by atoms with Gasteiger partial charge in [-0.3, -0.25) is 10.2 Å². The van der Waals surface area contributed by atoms with Crippen LogP contribution in [0.1, 0.15) is 31.2 Å². The molecule has 1 amide bonds. The van der Waals surface area contributed by atoms with E-state index in [-0.39, 0.29) is 23.7 Å². The molecule has 3 atom stereocenters.